The predicted octanol–water partition coefficient (Wildman–Crippen LogP) is 2.36. The number of nitrogens with zero attached hydrogens (tertiary/aromatic N) is 1. The van der Waals surface area contributed by atoms with Crippen molar-refractivity contribution in [2.75, 3.05) is 13.6 Å². The Balaban J connectivity index is 1.88. The average molecular weight is 392 g/mol. The van der Waals surface area contributed by atoms with Crippen molar-refractivity contribution in [2.45, 2.75) is 24.8 Å². The van der Waals surface area contributed by atoms with Crippen molar-refractivity contribution < 1.29 is 22.4 Å². The maximum Gasteiger partial charge on any atom is 0.240 e. The van der Waals surface area contributed by atoms with E-state index < -0.39 is 10.0 Å². The van der Waals surface area contributed by atoms with E-state index >= 15 is 0 Å². The van der Waals surface area contributed by atoms with Crippen molar-refractivity contribution >= 4 is 21.7 Å². The van der Waals surface area contributed by atoms with Crippen molar-refractivity contribution in [3.05, 3.63) is 65.5 Å². The van der Waals surface area contributed by atoms with Crippen LogP contribution in [0, 0.1) is 5.82 Å². The van der Waals surface area contributed by atoms with Crippen LogP contribution in [-0.4, -0.2) is 38.6 Å². The number of carbonyl (C=O) groups excluding carboxylic acids is 2. The molecule has 27 heavy (non-hydrogen) atoms. The lowest BCUT2D eigenvalue weighted by molar-refractivity contribution is -0.130. The van der Waals surface area contributed by atoms with Gasteiger partial charge in [0.05, 0.1) is 4.90 Å². The van der Waals surface area contributed by atoms with Gasteiger partial charge in [-0.2, -0.15) is 0 Å². The molecule has 0 unspecified atom stereocenters. The molecule has 0 fully saturated rings. The van der Waals surface area contributed by atoms with Crippen molar-refractivity contribution in [2.24, 2.45) is 0 Å². The standard InChI is InChI=1S/C19H21FN2O4S/c1-14(23)16-6-8-18(9-7-16)27(25,26)21-11-10-19(24)22(2)13-15-4-3-5-17(20)12-15/h3-9,12,21H,10-11,13H2,1-2H3. The van der Waals surface area contributed by atoms with Crippen LogP contribution >= 0.6 is 0 Å². The van der Waals surface area contributed by atoms with Crippen molar-refractivity contribution in [1.29, 1.82) is 0 Å². The Kier molecular flexibility index (Phi) is 6.81. The largest absolute Gasteiger partial charge is 0.341 e. The second-order valence-corrected chi connectivity index (χ2v) is 7.88. The third kappa shape index (κ3) is 5.97. The minimum absolute atomic E-state index is 0.0214. The molecule has 2 aromatic rings. The molecule has 6 nitrogen and oxygen atoms in total. The number of ketones is 1. The molecule has 1 amide bonds. The van der Waals surface area contributed by atoms with Crippen LogP contribution in [0.4, 0.5) is 4.39 Å². The van der Waals surface area contributed by atoms with E-state index in [1.165, 1.54) is 48.2 Å². The number of halogens is 1. The quantitative estimate of drug-likeness (QED) is 0.699. The number of amides is 1. The molecule has 1 N–H and O–H groups in total. The monoisotopic (exact) mass is 392 g/mol. The Bertz CT molecular complexity index is 927. The number of hydrogen-bond acceptors (Lipinski definition) is 4. The van der Waals surface area contributed by atoms with Crippen LogP contribution in [0.5, 0.6) is 0 Å². The van der Waals surface area contributed by atoms with Crippen LogP contribution in [0.1, 0.15) is 29.3 Å². The zero-order chi connectivity index (χ0) is 20.0. The highest BCUT2D eigenvalue weighted by atomic mass is 32.2. The van der Waals surface area contributed by atoms with Crippen molar-refractivity contribution in [1.82, 2.24) is 9.62 Å². The maximum atomic E-state index is 13.2. The van der Waals surface area contributed by atoms with Gasteiger partial charge in [-0.3, -0.25) is 9.59 Å². The molecule has 0 spiro atoms. The first-order valence-corrected chi connectivity index (χ1v) is 9.76. The lowest BCUT2D eigenvalue weighted by Gasteiger charge is -2.17. The Morgan fingerprint density at radius 1 is 1.11 bits per heavy atom. The molecule has 0 saturated carbocycles. The molecule has 0 bridgehead atoms. The summed E-state index contributed by atoms with van der Waals surface area (Å²) in [5.41, 5.74) is 1.07. The van der Waals surface area contributed by atoms with Gasteiger partial charge in [0, 0.05) is 32.1 Å². The summed E-state index contributed by atoms with van der Waals surface area (Å²) in [6.07, 6.45) is -0.0312. The van der Waals surface area contributed by atoms with E-state index in [1.54, 1.807) is 19.2 Å². The Labute approximate surface area is 158 Å². The minimum Gasteiger partial charge on any atom is -0.341 e. The lowest BCUT2D eigenvalue weighted by atomic mass is 10.2. The highest BCUT2D eigenvalue weighted by Crippen LogP contribution is 2.11. The number of hydrogen-bond donors (Lipinski definition) is 1. The van der Waals surface area contributed by atoms with Gasteiger partial charge in [-0.15, -0.1) is 0 Å². The first-order valence-electron chi connectivity index (χ1n) is 8.28. The summed E-state index contributed by atoms with van der Waals surface area (Å²) in [5, 5.41) is 0. The fourth-order valence-electron chi connectivity index (χ4n) is 2.43. The average Bonchev–Trinajstić information content (AvgIpc) is 2.61. The third-order valence-corrected chi connectivity index (χ3v) is 5.41. The number of nitrogens with one attached hydrogen (secondary N) is 1. The van der Waals surface area contributed by atoms with Gasteiger partial charge >= 0.3 is 0 Å². The fraction of sp³-hybridized carbons (Fsp3) is 0.263. The summed E-state index contributed by atoms with van der Waals surface area (Å²) in [7, 11) is -2.20. The number of benzene rings is 2. The van der Waals surface area contributed by atoms with E-state index in [0.717, 1.165) is 0 Å². The maximum absolute atomic E-state index is 13.2. The second kappa shape index (κ2) is 8.88. The molecule has 0 aliphatic heterocycles. The highest BCUT2D eigenvalue weighted by molar-refractivity contribution is 7.89. The van der Waals surface area contributed by atoms with Crippen molar-refractivity contribution in [3.63, 3.8) is 0 Å². The molecule has 0 aliphatic rings. The van der Waals surface area contributed by atoms with Crippen LogP contribution in [-0.2, 0) is 21.4 Å². The highest BCUT2D eigenvalue weighted by Gasteiger charge is 2.16. The van der Waals surface area contributed by atoms with Crippen LogP contribution in [0.2, 0.25) is 0 Å². The zero-order valence-corrected chi connectivity index (χ0v) is 15.9. The van der Waals surface area contributed by atoms with E-state index in [0.29, 0.717) is 11.1 Å². The SMILES string of the molecule is CC(=O)c1ccc(S(=O)(=O)NCCC(=O)N(C)Cc2cccc(F)c2)cc1. The molecule has 0 aromatic heterocycles. The fourth-order valence-corrected chi connectivity index (χ4v) is 3.46. The van der Waals surface area contributed by atoms with Gasteiger partial charge in [-0.05, 0) is 36.8 Å². The van der Waals surface area contributed by atoms with Gasteiger partial charge in [0.25, 0.3) is 0 Å². The summed E-state index contributed by atoms with van der Waals surface area (Å²) in [5.74, 6) is -0.801. The van der Waals surface area contributed by atoms with Gasteiger partial charge < -0.3 is 4.90 Å². The summed E-state index contributed by atoms with van der Waals surface area (Å²) in [4.78, 5) is 24.8. The summed E-state index contributed by atoms with van der Waals surface area (Å²) < 4.78 is 40.0. The van der Waals surface area contributed by atoms with Crippen LogP contribution in [0.15, 0.2) is 53.4 Å². The molecular weight excluding hydrogens is 371 g/mol. The molecule has 0 atom stereocenters. The topological polar surface area (TPSA) is 83.5 Å². The summed E-state index contributed by atoms with van der Waals surface area (Å²) in [6.45, 7) is 1.56. The lowest BCUT2D eigenvalue weighted by Crippen LogP contribution is -2.32. The van der Waals surface area contributed by atoms with E-state index in [-0.39, 0.29) is 41.9 Å². The molecule has 144 valence electrons. The molecule has 8 heteroatoms. The van der Waals surface area contributed by atoms with Gasteiger partial charge in [-0.25, -0.2) is 17.5 Å². The second-order valence-electron chi connectivity index (χ2n) is 6.11. The molecule has 2 aromatic carbocycles. The van der Waals surface area contributed by atoms with E-state index in [9.17, 15) is 22.4 Å². The number of Topliss-reactive ketones (excluding diaryl/α,β-unsaturated/α-hetero) is 1. The molecule has 0 radical (unpaired) electrons. The molecule has 0 heterocycles. The van der Waals surface area contributed by atoms with Crippen LogP contribution in [0.25, 0.3) is 0 Å². The van der Waals surface area contributed by atoms with Crippen LogP contribution < -0.4 is 4.72 Å². The summed E-state index contributed by atoms with van der Waals surface area (Å²) >= 11 is 0. The zero-order valence-electron chi connectivity index (χ0n) is 15.1. The number of carbonyl (C=O) groups is 2. The van der Waals surface area contributed by atoms with E-state index in [2.05, 4.69) is 4.72 Å². The molecule has 0 saturated heterocycles. The number of rotatable bonds is 8. The normalized spacial score (nSPS) is 11.2. The van der Waals surface area contributed by atoms with E-state index in [1.807, 2.05) is 0 Å². The minimum atomic E-state index is -3.77. The van der Waals surface area contributed by atoms with Gasteiger partial charge in [0.15, 0.2) is 5.78 Å². The molecule has 2 rings (SSSR count). The van der Waals surface area contributed by atoms with E-state index in [4.69, 9.17) is 0 Å². The number of sulfonamides is 1. The summed E-state index contributed by atoms with van der Waals surface area (Å²) in [6, 6.07) is 11.5. The molecular formula is C19H21FN2O4S. The smallest absolute Gasteiger partial charge is 0.240 e. The Hall–Kier alpha value is -2.58. The van der Waals surface area contributed by atoms with Gasteiger partial charge in [-0.1, -0.05) is 24.3 Å². The third-order valence-electron chi connectivity index (χ3n) is 3.94. The first kappa shape index (κ1) is 20.7. The van der Waals surface area contributed by atoms with Crippen LogP contribution in [0.3, 0.4) is 0 Å². The Morgan fingerprint density at radius 2 is 1.78 bits per heavy atom. The van der Waals surface area contributed by atoms with Gasteiger partial charge in [0.1, 0.15) is 5.82 Å². The predicted molar refractivity (Wildman–Crippen MR) is 99.1 cm³/mol. The first-order chi connectivity index (χ1) is 12.7. The van der Waals surface area contributed by atoms with Gasteiger partial charge in [0.2, 0.25) is 15.9 Å². The Morgan fingerprint density at radius 3 is 2.37 bits per heavy atom. The molecule has 0 aliphatic carbocycles. The van der Waals surface area contributed by atoms with Crippen molar-refractivity contribution in [3.8, 4) is 0 Å².